The van der Waals surface area contributed by atoms with Crippen LogP contribution in [-0.4, -0.2) is 20.7 Å². The summed E-state index contributed by atoms with van der Waals surface area (Å²) >= 11 is 6.32. The van der Waals surface area contributed by atoms with E-state index < -0.39 is 34.7 Å². The van der Waals surface area contributed by atoms with E-state index in [0.717, 1.165) is 0 Å². The van der Waals surface area contributed by atoms with Crippen LogP contribution in [0.25, 0.3) is 11.4 Å². The molecule has 10 heteroatoms. The first-order valence-corrected chi connectivity index (χ1v) is 9.37. The molecule has 0 fully saturated rings. The molecular weight excluding hydrogens is 421 g/mol. The van der Waals surface area contributed by atoms with Gasteiger partial charge >= 0.3 is 0 Å². The Bertz CT molecular complexity index is 1160. The van der Waals surface area contributed by atoms with E-state index in [2.05, 4.69) is 10.2 Å². The van der Waals surface area contributed by atoms with Crippen molar-refractivity contribution in [2.75, 3.05) is 0 Å². The van der Waals surface area contributed by atoms with Crippen LogP contribution in [0.15, 0.2) is 30.3 Å². The van der Waals surface area contributed by atoms with Crippen LogP contribution >= 0.6 is 11.6 Å². The van der Waals surface area contributed by atoms with E-state index in [1.54, 1.807) is 17.6 Å². The number of nitrogens with zero attached hydrogens (tertiary/aromatic N) is 3. The number of benzene rings is 2. The van der Waals surface area contributed by atoms with Gasteiger partial charge in [0.15, 0.2) is 34.6 Å². The number of hydrogen-bond donors (Lipinski definition) is 1. The number of carbonyl (C=O) groups is 1. The quantitative estimate of drug-likeness (QED) is 0.658. The SMILES string of the molecule is CC1CC(C)(Oc2c(F)cc(F)cc2F)c2nnc(-c3ccc(C(N)=O)cc3Cl)n21. The third kappa shape index (κ3) is 3.19. The zero-order valence-corrected chi connectivity index (χ0v) is 16.7. The molecule has 2 N–H and O–H groups in total. The molecule has 6 nitrogen and oxygen atoms in total. The number of aromatic nitrogens is 3. The lowest BCUT2D eigenvalue weighted by Gasteiger charge is -2.24. The highest BCUT2D eigenvalue weighted by Crippen LogP contribution is 2.45. The number of hydrogen-bond acceptors (Lipinski definition) is 4. The van der Waals surface area contributed by atoms with Crippen molar-refractivity contribution in [3.63, 3.8) is 0 Å². The number of nitrogens with two attached hydrogens (primary N) is 1. The first-order chi connectivity index (χ1) is 14.1. The first-order valence-electron chi connectivity index (χ1n) is 8.99. The molecule has 2 aromatic carbocycles. The lowest BCUT2D eigenvalue weighted by atomic mass is 10.0. The zero-order valence-electron chi connectivity index (χ0n) is 15.9. The third-order valence-corrected chi connectivity index (χ3v) is 5.39. The zero-order chi connectivity index (χ0) is 21.8. The van der Waals surface area contributed by atoms with Crippen molar-refractivity contribution in [3.05, 3.63) is 64.2 Å². The average molecular weight is 437 g/mol. The maximum atomic E-state index is 14.1. The molecule has 4 rings (SSSR count). The Hall–Kier alpha value is -3.07. The smallest absolute Gasteiger partial charge is 0.248 e. The summed E-state index contributed by atoms with van der Waals surface area (Å²) in [6.45, 7) is 3.49. The lowest BCUT2D eigenvalue weighted by molar-refractivity contribution is 0.0689. The predicted molar refractivity (Wildman–Crippen MR) is 103 cm³/mol. The number of fused-ring (bicyclic) bond motifs is 1. The molecule has 1 amide bonds. The van der Waals surface area contributed by atoms with Gasteiger partial charge < -0.3 is 15.0 Å². The second-order valence-corrected chi connectivity index (χ2v) is 7.77. The molecule has 0 spiro atoms. The van der Waals surface area contributed by atoms with Gasteiger partial charge in [0.05, 0.1) is 5.02 Å². The Kier molecular flexibility index (Phi) is 4.73. The number of primary amides is 1. The van der Waals surface area contributed by atoms with Gasteiger partial charge in [-0.25, -0.2) is 13.2 Å². The van der Waals surface area contributed by atoms with Crippen LogP contribution in [0.5, 0.6) is 5.75 Å². The predicted octanol–water partition coefficient (Wildman–Crippen LogP) is 4.37. The van der Waals surface area contributed by atoms with Crippen LogP contribution < -0.4 is 10.5 Å². The summed E-state index contributed by atoms with van der Waals surface area (Å²) in [5.41, 5.74) is 4.81. The normalized spacial score (nSPS) is 20.3. The summed E-state index contributed by atoms with van der Waals surface area (Å²) < 4.78 is 48.9. The highest BCUT2D eigenvalue weighted by molar-refractivity contribution is 6.33. The Morgan fingerprint density at radius 2 is 1.90 bits per heavy atom. The van der Waals surface area contributed by atoms with Crippen molar-refractivity contribution in [3.8, 4) is 17.1 Å². The van der Waals surface area contributed by atoms with Crippen molar-refractivity contribution in [2.24, 2.45) is 5.73 Å². The van der Waals surface area contributed by atoms with Gasteiger partial charge in [-0.2, -0.15) is 0 Å². The molecule has 0 radical (unpaired) electrons. The molecule has 3 aromatic rings. The number of amides is 1. The fraction of sp³-hybridized carbons (Fsp3) is 0.250. The van der Waals surface area contributed by atoms with E-state index in [4.69, 9.17) is 22.1 Å². The summed E-state index contributed by atoms with van der Waals surface area (Å²) in [4.78, 5) is 11.4. The largest absolute Gasteiger partial charge is 0.473 e. The molecule has 1 aliphatic rings. The second kappa shape index (κ2) is 7.02. The van der Waals surface area contributed by atoms with Crippen molar-refractivity contribution in [2.45, 2.75) is 31.9 Å². The van der Waals surface area contributed by atoms with E-state index in [9.17, 15) is 18.0 Å². The minimum absolute atomic E-state index is 0.201. The summed E-state index contributed by atoms with van der Waals surface area (Å²) in [5.74, 6) is -3.90. The Morgan fingerprint density at radius 3 is 2.50 bits per heavy atom. The van der Waals surface area contributed by atoms with Crippen LogP contribution in [0, 0.1) is 17.5 Å². The summed E-state index contributed by atoms with van der Waals surface area (Å²) in [6.07, 6.45) is 0.331. The van der Waals surface area contributed by atoms with Crippen molar-refractivity contribution >= 4 is 17.5 Å². The van der Waals surface area contributed by atoms with Gasteiger partial charge in [-0.15, -0.1) is 10.2 Å². The maximum absolute atomic E-state index is 14.1. The van der Waals surface area contributed by atoms with Crippen molar-refractivity contribution < 1.29 is 22.7 Å². The summed E-state index contributed by atoms with van der Waals surface area (Å²) in [7, 11) is 0. The monoisotopic (exact) mass is 436 g/mol. The van der Waals surface area contributed by atoms with Crippen LogP contribution in [0.4, 0.5) is 13.2 Å². The minimum atomic E-state index is -1.22. The second-order valence-electron chi connectivity index (χ2n) is 7.36. The topological polar surface area (TPSA) is 83.0 Å². The van der Waals surface area contributed by atoms with Gasteiger partial charge in [-0.05, 0) is 32.0 Å². The lowest BCUT2D eigenvalue weighted by Crippen LogP contribution is -2.28. The summed E-state index contributed by atoms with van der Waals surface area (Å²) in [6, 6.07) is 5.45. The molecule has 1 aromatic heterocycles. The van der Waals surface area contributed by atoms with Gasteiger partial charge in [0.2, 0.25) is 5.91 Å². The van der Waals surface area contributed by atoms with Crippen molar-refractivity contribution in [1.29, 1.82) is 0 Å². The molecule has 2 atom stereocenters. The van der Waals surface area contributed by atoms with E-state index in [-0.39, 0.29) is 16.6 Å². The molecule has 1 aliphatic heterocycles. The van der Waals surface area contributed by atoms with E-state index >= 15 is 0 Å². The van der Waals surface area contributed by atoms with E-state index in [1.165, 1.54) is 12.1 Å². The van der Waals surface area contributed by atoms with Gasteiger partial charge in [-0.1, -0.05) is 11.6 Å². The minimum Gasteiger partial charge on any atom is -0.473 e. The number of ether oxygens (including phenoxy) is 1. The average Bonchev–Trinajstić information content (AvgIpc) is 3.19. The Morgan fingerprint density at radius 1 is 1.23 bits per heavy atom. The molecule has 0 bridgehead atoms. The molecule has 30 heavy (non-hydrogen) atoms. The van der Waals surface area contributed by atoms with Gasteiger partial charge in [0, 0.05) is 35.7 Å². The number of carbonyl (C=O) groups excluding carboxylic acids is 1. The molecule has 0 saturated heterocycles. The van der Waals surface area contributed by atoms with E-state index in [1.807, 2.05) is 6.92 Å². The highest BCUT2D eigenvalue weighted by atomic mass is 35.5. The van der Waals surface area contributed by atoms with E-state index in [0.29, 0.717) is 35.8 Å². The first kappa shape index (κ1) is 20.2. The molecule has 0 aliphatic carbocycles. The van der Waals surface area contributed by atoms with Gasteiger partial charge in [-0.3, -0.25) is 4.79 Å². The molecule has 156 valence electrons. The van der Waals surface area contributed by atoms with Gasteiger partial charge in [0.25, 0.3) is 0 Å². The Labute approximate surface area is 174 Å². The number of rotatable bonds is 4. The van der Waals surface area contributed by atoms with Crippen LogP contribution in [-0.2, 0) is 5.60 Å². The fourth-order valence-electron chi connectivity index (χ4n) is 3.79. The molecular formula is C20H16ClF3N4O2. The fourth-order valence-corrected chi connectivity index (χ4v) is 4.05. The van der Waals surface area contributed by atoms with Crippen LogP contribution in [0.1, 0.15) is 42.5 Å². The highest BCUT2D eigenvalue weighted by Gasteiger charge is 2.46. The maximum Gasteiger partial charge on any atom is 0.248 e. The number of halogens is 4. The van der Waals surface area contributed by atoms with Gasteiger partial charge in [0.1, 0.15) is 5.82 Å². The van der Waals surface area contributed by atoms with Crippen LogP contribution in [0.2, 0.25) is 5.02 Å². The Balaban J connectivity index is 1.76. The van der Waals surface area contributed by atoms with Crippen molar-refractivity contribution in [1.82, 2.24) is 14.8 Å². The molecule has 0 saturated carbocycles. The summed E-state index contributed by atoms with van der Waals surface area (Å²) in [5, 5.41) is 8.59. The third-order valence-electron chi connectivity index (χ3n) is 5.08. The molecule has 2 unspecified atom stereocenters. The van der Waals surface area contributed by atoms with Crippen LogP contribution in [0.3, 0.4) is 0 Å². The standard InChI is InChI=1S/C20H16ClF3N4O2/c1-9-8-20(2,30-16-14(23)6-11(22)7-15(16)24)19-27-26-18(28(9)19)12-4-3-10(17(25)29)5-13(12)21/h3-7,9H,8H2,1-2H3,(H2,25,29). The molecule has 2 heterocycles.